The molecule has 1 saturated heterocycles. The summed E-state index contributed by atoms with van der Waals surface area (Å²) >= 11 is 0. The van der Waals surface area contributed by atoms with Gasteiger partial charge in [0.25, 0.3) is 0 Å². The number of nitrogens with one attached hydrogen (secondary N) is 1. The Kier molecular flexibility index (Phi) is 6.93. The number of likely N-dealkylation sites (tertiary alicyclic amines) is 1. The molecule has 0 spiro atoms. The summed E-state index contributed by atoms with van der Waals surface area (Å²) in [5, 5.41) is 3.16. The van der Waals surface area contributed by atoms with Crippen molar-refractivity contribution in [2.45, 2.75) is 38.9 Å². The topological polar surface area (TPSA) is 35.6 Å². The highest BCUT2D eigenvalue weighted by Gasteiger charge is 2.34. The summed E-state index contributed by atoms with van der Waals surface area (Å²) in [7, 11) is 1.87. The Balaban J connectivity index is 2.58. The molecule has 1 N–H and O–H groups in total. The maximum absolute atomic E-state index is 12.6. The molecule has 7 heteroatoms. The number of halogens is 3. The Labute approximate surface area is 124 Å². The molecule has 0 bridgehead atoms. The summed E-state index contributed by atoms with van der Waals surface area (Å²) in [5.41, 5.74) is 0. The van der Waals surface area contributed by atoms with Gasteiger partial charge in [-0.25, -0.2) is 0 Å². The van der Waals surface area contributed by atoms with Gasteiger partial charge in [0.05, 0.1) is 6.54 Å². The zero-order valence-electron chi connectivity index (χ0n) is 13.0. The highest BCUT2D eigenvalue weighted by Crippen LogP contribution is 2.18. The van der Waals surface area contributed by atoms with Crippen molar-refractivity contribution < 1.29 is 18.0 Å². The lowest BCUT2D eigenvalue weighted by Gasteiger charge is -2.34. The van der Waals surface area contributed by atoms with Crippen LogP contribution in [0.5, 0.6) is 0 Å². The van der Waals surface area contributed by atoms with Crippen LogP contribution in [0.15, 0.2) is 0 Å². The largest absolute Gasteiger partial charge is 0.406 e. The molecule has 0 aliphatic carbocycles. The van der Waals surface area contributed by atoms with Crippen LogP contribution in [0.4, 0.5) is 13.2 Å². The highest BCUT2D eigenvalue weighted by atomic mass is 19.4. The third-order valence-corrected chi connectivity index (χ3v) is 3.58. The van der Waals surface area contributed by atoms with E-state index < -0.39 is 18.6 Å². The number of rotatable bonds is 6. The second-order valence-corrected chi connectivity index (χ2v) is 6.15. The Morgan fingerprint density at radius 2 is 2.10 bits per heavy atom. The number of carbonyl (C=O) groups excluding carboxylic acids is 1. The maximum Gasteiger partial charge on any atom is 0.406 e. The molecular weight excluding hydrogens is 283 g/mol. The lowest BCUT2D eigenvalue weighted by molar-refractivity contribution is -0.163. The van der Waals surface area contributed by atoms with Gasteiger partial charge in [-0.2, -0.15) is 13.2 Å². The van der Waals surface area contributed by atoms with E-state index in [4.69, 9.17) is 0 Å². The molecule has 1 aliphatic rings. The summed E-state index contributed by atoms with van der Waals surface area (Å²) < 4.78 is 37.8. The fraction of sp³-hybridized carbons (Fsp3) is 0.929. The number of hydrogen-bond donors (Lipinski definition) is 1. The predicted molar refractivity (Wildman–Crippen MR) is 76.0 cm³/mol. The molecule has 1 heterocycles. The van der Waals surface area contributed by atoms with Crippen molar-refractivity contribution >= 4 is 5.91 Å². The summed E-state index contributed by atoms with van der Waals surface area (Å²) in [6, 6.07) is 0.313. The minimum Gasteiger partial charge on any atom is -0.332 e. The molecule has 0 aromatic rings. The van der Waals surface area contributed by atoms with Gasteiger partial charge in [0.2, 0.25) is 5.91 Å². The minimum absolute atomic E-state index is 0.0164. The summed E-state index contributed by atoms with van der Waals surface area (Å²) in [4.78, 5) is 15.1. The molecule has 1 aliphatic heterocycles. The van der Waals surface area contributed by atoms with E-state index >= 15 is 0 Å². The smallest absolute Gasteiger partial charge is 0.332 e. The van der Waals surface area contributed by atoms with E-state index in [9.17, 15) is 18.0 Å². The Morgan fingerprint density at radius 3 is 2.62 bits per heavy atom. The van der Waals surface area contributed by atoms with Crippen molar-refractivity contribution in [2.75, 3.05) is 39.8 Å². The molecule has 4 nitrogen and oxygen atoms in total. The fourth-order valence-electron chi connectivity index (χ4n) is 2.64. The van der Waals surface area contributed by atoms with Crippen molar-refractivity contribution in [1.82, 2.24) is 15.1 Å². The van der Waals surface area contributed by atoms with Crippen LogP contribution in [0.1, 0.15) is 26.7 Å². The quantitative estimate of drug-likeness (QED) is 0.811. The number of amides is 1. The van der Waals surface area contributed by atoms with E-state index in [2.05, 4.69) is 5.32 Å². The van der Waals surface area contributed by atoms with Gasteiger partial charge in [0.1, 0.15) is 6.54 Å². The first-order chi connectivity index (χ1) is 9.71. The molecule has 1 fully saturated rings. The SMILES string of the molecule is CNC1CCCN(CC(=O)N(CC(C)C)CC(F)(F)F)C1. The third-order valence-electron chi connectivity index (χ3n) is 3.58. The molecule has 0 saturated carbocycles. The first-order valence-electron chi connectivity index (χ1n) is 7.45. The van der Waals surface area contributed by atoms with E-state index in [1.807, 2.05) is 25.8 Å². The van der Waals surface area contributed by atoms with Gasteiger partial charge in [0.15, 0.2) is 0 Å². The zero-order valence-corrected chi connectivity index (χ0v) is 13.0. The molecule has 1 unspecified atom stereocenters. The molecule has 124 valence electrons. The van der Waals surface area contributed by atoms with Crippen molar-refractivity contribution in [2.24, 2.45) is 5.92 Å². The average Bonchev–Trinajstić information content (AvgIpc) is 2.36. The second kappa shape index (κ2) is 7.98. The van der Waals surface area contributed by atoms with Gasteiger partial charge in [-0.1, -0.05) is 13.8 Å². The predicted octanol–water partition coefficient (Wildman–Crippen LogP) is 1.72. The average molecular weight is 309 g/mol. The highest BCUT2D eigenvalue weighted by molar-refractivity contribution is 5.78. The van der Waals surface area contributed by atoms with E-state index in [0.29, 0.717) is 12.6 Å². The second-order valence-electron chi connectivity index (χ2n) is 6.15. The molecule has 1 atom stereocenters. The van der Waals surface area contributed by atoms with Gasteiger partial charge >= 0.3 is 6.18 Å². The number of hydrogen-bond acceptors (Lipinski definition) is 3. The van der Waals surface area contributed by atoms with E-state index in [-0.39, 0.29) is 19.0 Å². The lowest BCUT2D eigenvalue weighted by Crippen LogP contribution is -2.50. The van der Waals surface area contributed by atoms with Crippen LogP contribution in [0.2, 0.25) is 0 Å². The molecule has 0 aromatic carbocycles. The third kappa shape index (κ3) is 7.13. The number of alkyl halides is 3. The first kappa shape index (κ1) is 18.2. The molecular formula is C14H26F3N3O. The summed E-state index contributed by atoms with van der Waals surface area (Å²) in [6.07, 6.45) is -2.35. The normalized spacial score (nSPS) is 20.8. The van der Waals surface area contributed by atoms with E-state index in [1.54, 1.807) is 0 Å². The standard InChI is InChI=1S/C14H26F3N3O/c1-11(2)7-20(10-14(15,16)17)13(21)9-19-6-4-5-12(8-19)18-3/h11-12,18H,4-10H2,1-3H3. The van der Waals surface area contributed by atoms with Gasteiger partial charge < -0.3 is 10.2 Å². The summed E-state index contributed by atoms with van der Waals surface area (Å²) in [5.74, 6) is -0.416. The minimum atomic E-state index is -4.35. The number of likely N-dealkylation sites (N-methyl/N-ethyl adjacent to an activating group) is 1. The van der Waals surface area contributed by atoms with Crippen LogP contribution in [-0.2, 0) is 4.79 Å². The van der Waals surface area contributed by atoms with Gasteiger partial charge in [-0.15, -0.1) is 0 Å². The first-order valence-corrected chi connectivity index (χ1v) is 7.45. The van der Waals surface area contributed by atoms with Gasteiger partial charge in [-0.05, 0) is 32.4 Å². The molecule has 21 heavy (non-hydrogen) atoms. The van der Waals surface area contributed by atoms with Crippen LogP contribution in [0, 0.1) is 5.92 Å². The molecule has 1 rings (SSSR count). The van der Waals surface area contributed by atoms with Crippen LogP contribution >= 0.6 is 0 Å². The monoisotopic (exact) mass is 309 g/mol. The van der Waals surface area contributed by atoms with E-state index in [0.717, 1.165) is 24.3 Å². The van der Waals surface area contributed by atoms with Gasteiger partial charge in [0, 0.05) is 19.1 Å². The van der Waals surface area contributed by atoms with Gasteiger partial charge in [-0.3, -0.25) is 9.69 Å². The number of piperidine rings is 1. The van der Waals surface area contributed by atoms with Crippen molar-refractivity contribution in [3.8, 4) is 0 Å². The molecule has 0 aromatic heterocycles. The maximum atomic E-state index is 12.6. The van der Waals surface area contributed by atoms with Crippen LogP contribution in [0.25, 0.3) is 0 Å². The summed E-state index contributed by atoms with van der Waals surface area (Å²) in [6.45, 7) is 4.16. The van der Waals surface area contributed by atoms with Crippen molar-refractivity contribution in [3.05, 3.63) is 0 Å². The van der Waals surface area contributed by atoms with Crippen LogP contribution in [0.3, 0.4) is 0 Å². The molecule has 0 radical (unpaired) electrons. The zero-order chi connectivity index (χ0) is 16.0. The Morgan fingerprint density at radius 1 is 1.43 bits per heavy atom. The Hall–Kier alpha value is -0.820. The van der Waals surface area contributed by atoms with Crippen molar-refractivity contribution in [1.29, 1.82) is 0 Å². The van der Waals surface area contributed by atoms with Crippen molar-refractivity contribution in [3.63, 3.8) is 0 Å². The van der Waals surface area contributed by atoms with Crippen LogP contribution in [-0.4, -0.2) is 67.7 Å². The Bertz CT molecular complexity index is 334. The van der Waals surface area contributed by atoms with E-state index in [1.165, 1.54) is 0 Å². The fourth-order valence-corrected chi connectivity index (χ4v) is 2.64. The molecule has 1 amide bonds. The lowest BCUT2D eigenvalue weighted by atomic mass is 10.1. The number of nitrogens with zero attached hydrogens (tertiary/aromatic N) is 2. The number of carbonyl (C=O) groups is 1. The van der Waals surface area contributed by atoms with Crippen LogP contribution < -0.4 is 5.32 Å².